The van der Waals surface area contributed by atoms with Crippen molar-refractivity contribution >= 4 is 17.2 Å². The zero-order valence-corrected chi connectivity index (χ0v) is 11.6. The molecule has 6 nitrogen and oxygen atoms in total. The first kappa shape index (κ1) is 14.9. The number of hydrogen-bond donors (Lipinski definition) is 3. The SMILES string of the molecule is CNC(=O)c1cnc(OCC(O)CNC(C)C)s1. The summed E-state index contributed by atoms with van der Waals surface area (Å²) in [7, 11) is 1.56. The summed E-state index contributed by atoms with van der Waals surface area (Å²) in [6, 6.07) is 0.319. The summed E-state index contributed by atoms with van der Waals surface area (Å²) in [5.41, 5.74) is 0. The summed E-state index contributed by atoms with van der Waals surface area (Å²) in [5, 5.41) is 15.6. The van der Waals surface area contributed by atoms with E-state index in [-0.39, 0.29) is 12.5 Å². The van der Waals surface area contributed by atoms with Crippen molar-refractivity contribution < 1.29 is 14.6 Å². The minimum atomic E-state index is -0.597. The Labute approximate surface area is 110 Å². The average molecular weight is 273 g/mol. The fraction of sp³-hybridized carbons (Fsp3) is 0.636. The highest BCUT2D eigenvalue weighted by molar-refractivity contribution is 7.15. The molecule has 0 aliphatic heterocycles. The zero-order valence-electron chi connectivity index (χ0n) is 10.8. The molecule has 1 aromatic heterocycles. The lowest BCUT2D eigenvalue weighted by molar-refractivity contribution is 0.0967. The van der Waals surface area contributed by atoms with E-state index in [2.05, 4.69) is 15.6 Å². The highest BCUT2D eigenvalue weighted by Crippen LogP contribution is 2.20. The zero-order chi connectivity index (χ0) is 13.5. The van der Waals surface area contributed by atoms with E-state index in [4.69, 9.17) is 4.74 Å². The van der Waals surface area contributed by atoms with E-state index in [1.54, 1.807) is 7.05 Å². The number of aliphatic hydroxyl groups excluding tert-OH is 1. The number of nitrogens with one attached hydrogen (secondary N) is 2. The minimum Gasteiger partial charge on any atom is -0.467 e. The predicted molar refractivity (Wildman–Crippen MR) is 70.1 cm³/mol. The number of carbonyl (C=O) groups excluding carboxylic acids is 1. The van der Waals surface area contributed by atoms with Crippen LogP contribution in [0.25, 0.3) is 0 Å². The molecule has 1 heterocycles. The van der Waals surface area contributed by atoms with Gasteiger partial charge in [0.15, 0.2) is 0 Å². The molecule has 0 saturated carbocycles. The molecule has 3 N–H and O–H groups in total. The van der Waals surface area contributed by atoms with Gasteiger partial charge in [-0.2, -0.15) is 0 Å². The van der Waals surface area contributed by atoms with Crippen molar-refractivity contribution in [1.82, 2.24) is 15.6 Å². The Morgan fingerprint density at radius 2 is 2.33 bits per heavy atom. The molecule has 7 heteroatoms. The van der Waals surface area contributed by atoms with Gasteiger partial charge in [-0.3, -0.25) is 4.79 Å². The molecular formula is C11H19N3O3S. The molecule has 0 spiro atoms. The third-order valence-corrected chi connectivity index (χ3v) is 3.00. The summed E-state index contributed by atoms with van der Waals surface area (Å²) in [5.74, 6) is -0.190. The third-order valence-electron chi connectivity index (χ3n) is 2.10. The molecule has 1 aromatic rings. The Hall–Kier alpha value is -1.18. The Morgan fingerprint density at radius 1 is 1.61 bits per heavy atom. The van der Waals surface area contributed by atoms with Crippen molar-refractivity contribution in [3.8, 4) is 5.19 Å². The molecule has 1 atom stereocenters. The number of rotatable bonds is 7. The number of aromatic nitrogens is 1. The van der Waals surface area contributed by atoms with Crippen LogP contribution >= 0.6 is 11.3 Å². The van der Waals surface area contributed by atoms with E-state index in [1.807, 2.05) is 13.8 Å². The normalized spacial score (nSPS) is 12.5. The maximum Gasteiger partial charge on any atom is 0.273 e. The van der Waals surface area contributed by atoms with E-state index in [0.717, 1.165) is 11.3 Å². The summed E-state index contributed by atoms with van der Waals surface area (Å²) in [6.07, 6.45) is 0.858. The molecule has 1 unspecified atom stereocenters. The molecule has 0 aliphatic rings. The molecule has 0 fully saturated rings. The molecule has 0 aliphatic carbocycles. The largest absolute Gasteiger partial charge is 0.467 e. The lowest BCUT2D eigenvalue weighted by atomic mass is 10.3. The van der Waals surface area contributed by atoms with Crippen LogP contribution in [-0.2, 0) is 0 Å². The van der Waals surface area contributed by atoms with Crippen LogP contribution in [0.3, 0.4) is 0 Å². The van der Waals surface area contributed by atoms with Crippen molar-refractivity contribution in [1.29, 1.82) is 0 Å². The minimum absolute atomic E-state index is 0.153. The van der Waals surface area contributed by atoms with Gasteiger partial charge < -0.3 is 20.5 Å². The second-order valence-electron chi connectivity index (χ2n) is 4.10. The number of hydrogen-bond acceptors (Lipinski definition) is 6. The van der Waals surface area contributed by atoms with E-state index < -0.39 is 6.10 Å². The van der Waals surface area contributed by atoms with Crippen LogP contribution in [0.4, 0.5) is 0 Å². The molecule has 1 rings (SSSR count). The van der Waals surface area contributed by atoms with Gasteiger partial charge in [0, 0.05) is 19.6 Å². The van der Waals surface area contributed by atoms with Gasteiger partial charge in [-0.05, 0) is 0 Å². The van der Waals surface area contributed by atoms with Gasteiger partial charge in [0.25, 0.3) is 11.1 Å². The van der Waals surface area contributed by atoms with Crippen molar-refractivity contribution in [2.75, 3.05) is 20.2 Å². The van der Waals surface area contributed by atoms with Gasteiger partial charge in [0.2, 0.25) is 0 Å². The van der Waals surface area contributed by atoms with E-state index in [9.17, 15) is 9.90 Å². The van der Waals surface area contributed by atoms with Crippen molar-refractivity contribution in [3.63, 3.8) is 0 Å². The topological polar surface area (TPSA) is 83.5 Å². The fourth-order valence-corrected chi connectivity index (χ4v) is 1.87. The smallest absolute Gasteiger partial charge is 0.273 e. The number of thiazole rings is 1. The van der Waals surface area contributed by atoms with Gasteiger partial charge in [-0.15, -0.1) is 0 Å². The number of ether oxygens (including phenoxy) is 1. The predicted octanol–water partition coefficient (Wildman–Crippen LogP) is 0.240. The Bertz CT molecular complexity index is 381. The molecule has 0 radical (unpaired) electrons. The summed E-state index contributed by atoms with van der Waals surface area (Å²) in [4.78, 5) is 15.7. The van der Waals surface area contributed by atoms with Crippen LogP contribution in [0.5, 0.6) is 5.19 Å². The highest BCUT2D eigenvalue weighted by Gasteiger charge is 2.11. The van der Waals surface area contributed by atoms with Gasteiger partial charge in [-0.1, -0.05) is 25.2 Å². The van der Waals surface area contributed by atoms with E-state index in [1.165, 1.54) is 6.20 Å². The van der Waals surface area contributed by atoms with E-state index >= 15 is 0 Å². The monoisotopic (exact) mass is 273 g/mol. The molecule has 0 aromatic carbocycles. The average Bonchev–Trinajstić information content (AvgIpc) is 2.81. The molecule has 102 valence electrons. The van der Waals surface area contributed by atoms with E-state index in [0.29, 0.717) is 22.7 Å². The fourth-order valence-electron chi connectivity index (χ4n) is 1.15. The van der Waals surface area contributed by atoms with Gasteiger partial charge in [-0.25, -0.2) is 4.98 Å². The Morgan fingerprint density at radius 3 is 2.94 bits per heavy atom. The standard InChI is InChI=1S/C11H19N3O3S/c1-7(2)13-4-8(15)6-17-11-14-5-9(18-11)10(16)12-3/h5,7-8,13,15H,4,6H2,1-3H3,(H,12,16). The third kappa shape index (κ3) is 4.99. The second-order valence-corrected chi connectivity index (χ2v) is 5.09. The van der Waals surface area contributed by atoms with Crippen LogP contribution < -0.4 is 15.4 Å². The summed E-state index contributed by atoms with van der Waals surface area (Å²) in [6.45, 7) is 4.62. The first-order valence-electron chi connectivity index (χ1n) is 5.75. The maximum absolute atomic E-state index is 11.3. The number of amides is 1. The quantitative estimate of drug-likeness (QED) is 0.663. The number of aliphatic hydroxyl groups is 1. The van der Waals surface area contributed by atoms with Crippen molar-refractivity contribution in [2.45, 2.75) is 26.0 Å². The first-order valence-corrected chi connectivity index (χ1v) is 6.56. The Kier molecular flexibility index (Phi) is 6.03. The molecule has 0 saturated heterocycles. The van der Waals surface area contributed by atoms with Crippen LogP contribution in [0.1, 0.15) is 23.5 Å². The lowest BCUT2D eigenvalue weighted by Crippen LogP contribution is -2.35. The van der Waals surface area contributed by atoms with Crippen molar-refractivity contribution in [3.05, 3.63) is 11.1 Å². The summed E-state index contributed by atoms with van der Waals surface area (Å²) < 4.78 is 5.31. The lowest BCUT2D eigenvalue weighted by Gasteiger charge is -2.13. The summed E-state index contributed by atoms with van der Waals surface area (Å²) >= 11 is 1.16. The second kappa shape index (κ2) is 7.30. The first-order chi connectivity index (χ1) is 8.52. The van der Waals surface area contributed by atoms with Crippen LogP contribution in [-0.4, -0.2) is 48.3 Å². The van der Waals surface area contributed by atoms with Gasteiger partial charge >= 0.3 is 0 Å². The number of nitrogens with zero attached hydrogens (tertiary/aromatic N) is 1. The Balaban J connectivity index is 2.34. The van der Waals surface area contributed by atoms with Gasteiger partial charge in [0.1, 0.15) is 17.6 Å². The maximum atomic E-state index is 11.3. The highest BCUT2D eigenvalue weighted by atomic mass is 32.1. The molecule has 18 heavy (non-hydrogen) atoms. The van der Waals surface area contributed by atoms with Crippen LogP contribution in [0.15, 0.2) is 6.20 Å². The molecule has 1 amide bonds. The van der Waals surface area contributed by atoms with Gasteiger partial charge in [0.05, 0.1) is 6.20 Å². The van der Waals surface area contributed by atoms with Crippen LogP contribution in [0, 0.1) is 0 Å². The molecular weight excluding hydrogens is 254 g/mol. The molecule has 0 bridgehead atoms. The number of carbonyl (C=O) groups is 1. The van der Waals surface area contributed by atoms with Crippen LogP contribution in [0.2, 0.25) is 0 Å². The van der Waals surface area contributed by atoms with Crippen molar-refractivity contribution in [2.24, 2.45) is 0 Å².